The summed E-state index contributed by atoms with van der Waals surface area (Å²) in [6.45, 7) is 8.37. The van der Waals surface area contributed by atoms with Crippen LogP contribution in [0.1, 0.15) is 32.3 Å². The van der Waals surface area contributed by atoms with Crippen molar-refractivity contribution < 1.29 is 0 Å². The summed E-state index contributed by atoms with van der Waals surface area (Å²) < 4.78 is 5.22. The zero-order valence-corrected chi connectivity index (χ0v) is 9.64. The Kier molecular flexibility index (Phi) is 2.03. The highest BCUT2D eigenvalue weighted by atomic mass is 32.1. The zero-order chi connectivity index (χ0) is 10.3. The highest BCUT2D eigenvalue weighted by Crippen LogP contribution is 2.24. The van der Waals surface area contributed by atoms with Crippen molar-refractivity contribution in [1.82, 2.24) is 14.3 Å². The van der Waals surface area contributed by atoms with Gasteiger partial charge < -0.3 is 0 Å². The second-order valence-electron chi connectivity index (χ2n) is 4.42. The predicted octanol–water partition coefficient (Wildman–Crippen LogP) is 2.69. The number of nitrogens with zero attached hydrogens (tertiary/aromatic N) is 3. The average Bonchev–Trinajstić information content (AvgIpc) is 2.50. The first-order valence-electron chi connectivity index (χ1n) is 4.58. The maximum atomic E-state index is 4.50. The molecule has 74 valence electrons. The van der Waals surface area contributed by atoms with Crippen LogP contribution in [-0.2, 0) is 5.41 Å². The Morgan fingerprint density at radius 2 is 1.93 bits per heavy atom. The summed E-state index contributed by atoms with van der Waals surface area (Å²) in [6.07, 6.45) is 1.81. The minimum atomic E-state index is 0.000880. The van der Waals surface area contributed by atoms with Gasteiger partial charge in [-0.3, -0.25) is 0 Å². The van der Waals surface area contributed by atoms with Crippen LogP contribution in [0.3, 0.4) is 0 Å². The van der Waals surface area contributed by atoms with Crippen molar-refractivity contribution in [3.63, 3.8) is 0 Å². The quantitative estimate of drug-likeness (QED) is 0.666. The first-order valence-corrected chi connectivity index (χ1v) is 5.35. The lowest BCUT2D eigenvalue weighted by Gasteiger charge is -2.16. The van der Waals surface area contributed by atoms with E-state index in [2.05, 4.69) is 35.1 Å². The number of aromatic nitrogens is 3. The van der Waals surface area contributed by atoms with Crippen molar-refractivity contribution in [3.8, 4) is 0 Å². The Hall–Kier alpha value is -1.03. The molecule has 0 spiro atoms. The third-order valence-corrected chi connectivity index (χ3v) is 2.95. The summed E-state index contributed by atoms with van der Waals surface area (Å²) in [4.78, 5) is 9.01. The molecule has 4 heteroatoms. The number of rotatable bonds is 0. The topological polar surface area (TPSA) is 38.7 Å². The van der Waals surface area contributed by atoms with Gasteiger partial charge in [0.1, 0.15) is 11.3 Å². The van der Waals surface area contributed by atoms with Gasteiger partial charge in [-0.15, -0.1) is 0 Å². The molecule has 0 aliphatic heterocycles. The lowest BCUT2D eigenvalue weighted by Crippen LogP contribution is -2.16. The molecule has 3 nitrogen and oxygen atoms in total. The number of hydrogen-bond donors (Lipinski definition) is 0. The Morgan fingerprint density at radius 1 is 1.21 bits per heavy atom. The van der Waals surface area contributed by atoms with Gasteiger partial charge in [-0.05, 0) is 18.5 Å². The maximum absolute atomic E-state index is 4.50. The molecule has 2 rings (SSSR count). The SMILES string of the molecule is Cc1nc(C(C)(C)C)nc2cnsc12. The lowest BCUT2D eigenvalue weighted by molar-refractivity contribution is 0.546. The lowest BCUT2D eigenvalue weighted by atomic mass is 9.95. The largest absolute Gasteiger partial charge is 0.236 e. The van der Waals surface area contributed by atoms with Crippen LogP contribution in [0.2, 0.25) is 0 Å². The van der Waals surface area contributed by atoms with E-state index in [0.29, 0.717) is 0 Å². The van der Waals surface area contributed by atoms with E-state index in [1.165, 1.54) is 11.5 Å². The average molecular weight is 207 g/mol. The number of aryl methyl sites for hydroxylation is 1. The van der Waals surface area contributed by atoms with E-state index >= 15 is 0 Å². The Morgan fingerprint density at radius 3 is 2.57 bits per heavy atom. The minimum Gasteiger partial charge on any atom is -0.236 e. The molecule has 14 heavy (non-hydrogen) atoms. The first-order chi connectivity index (χ1) is 6.48. The highest BCUT2D eigenvalue weighted by molar-refractivity contribution is 7.13. The third-order valence-electron chi connectivity index (χ3n) is 2.05. The van der Waals surface area contributed by atoms with Crippen LogP contribution in [0.25, 0.3) is 10.2 Å². The molecule has 0 N–H and O–H groups in total. The van der Waals surface area contributed by atoms with E-state index in [9.17, 15) is 0 Å². The van der Waals surface area contributed by atoms with Gasteiger partial charge in [0.05, 0.1) is 16.6 Å². The normalized spacial score (nSPS) is 12.3. The summed E-state index contributed by atoms with van der Waals surface area (Å²) >= 11 is 1.46. The van der Waals surface area contributed by atoms with Crippen molar-refractivity contribution in [2.24, 2.45) is 0 Å². The van der Waals surface area contributed by atoms with Crippen molar-refractivity contribution in [2.45, 2.75) is 33.1 Å². The predicted molar refractivity (Wildman–Crippen MR) is 58.6 cm³/mol. The summed E-state index contributed by atoms with van der Waals surface area (Å²) in [7, 11) is 0. The van der Waals surface area contributed by atoms with Crippen molar-refractivity contribution in [2.75, 3.05) is 0 Å². The summed E-state index contributed by atoms with van der Waals surface area (Å²) in [5, 5.41) is 0. The van der Waals surface area contributed by atoms with Crippen LogP contribution in [0.15, 0.2) is 6.20 Å². The van der Waals surface area contributed by atoms with E-state index in [1.807, 2.05) is 13.1 Å². The van der Waals surface area contributed by atoms with Gasteiger partial charge in [-0.2, -0.15) is 4.37 Å². The second kappa shape index (κ2) is 2.98. The monoisotopic (exact) mass is 207 g/mol. The van der Waals surface area contributed by atoms with Gasteiger partial charge in [0.2, 0.25) is 0 Å². The van der Waals surface area contributed by atoms with Crippen LogP contribution in [0, 0.1) is 6.92 Å². The van der Waals surface area contributed by atoms with E-state index in [0.717, 1.165) is 21.7 Å². The molecular formula is C10H13N3S. The van der Waals surface area contributed by atoms with Gasteiger partial charge in [-0.1, -0.05) is 20.8 Å². The van der Waals surface area contributed by atoms with Crippen molar-refractivity contribution in [3.05, 3.63) is 17.7 Å². The molecule has 0 aliphatic rings. The third kappa shape index (κ3) is 1.50. The minimum absolute atomic E-state index is 0.000880. The van der Waals surface area contributed by atoms with Gasteiger partial charge in [-0.25, -0.2) is 9.97 Å². The van der Waals surface area contributed by atoms with E-state index in [-0.39, 0.29) is 5.41 Å². The fourth-order valence-corrected chi connectivity index (χ4v) is 1.88. The van der Waals surface area contributed by atoms with Crippen LogP contribution in [0.4, 0.5) is 0 Å². The number of fused-ring (bicyclic) bond motifs is 1. The molecule has 0 fully saturated rings. The van der Waals surface area contributed by atoms with Crippen LogP contribution in [-0.4, -0.2) is 14.3 Å². The standard InChI is InChI=1S/C10H13N3S/c1-6-8-7(5-11-14-8)13-9(12-6)10(2,3)4/h5H,1-4H3. The molecule has 0 amide bonds. The highest BCUT2D eigenvalue weighted by Gasteiger charge is 2.19. The Balaban J connectivity index is 2.70. The molecule has 0 radical (unpaired) electrons. The molecule has 0 saturated carbocycles. The second-order valence-corrected chi connectivity index (χ2v) is 5.22. The smallest absolute Gasteiger partial charge is 0.134 e. The van der Waals surface area contributed by atoms with Gasteiger partial charge in [0, 0.05) is 5.41 Å². The van der Waals surface area contributed by atoms with Gasteiger partial charge in [0.15, 0.2) is 0 Å². The molecule has 2 aromatic rings. The summed E-state index contributed by atoms with van der Waals surface area (Å²) in [6, 6.07) is 0. The number of hydrogen-bond acceptors (Lipinski definition) is 4. The fourth-order valence-electron chi connectivity index (χ4n) is 1.25. The molecular weight excluding hydrogens is 194 g/mol. The molecule has 0 aliphatic carbocycles. The maximum Gasteiger partial charge on any atom is 0.134 e. The fraction of sp³-hybridized carbons (Fsp3) is 0.500. The zero-order valence-electron chi connectivity index (χ0n) is 8.83. The summed E-state index contributed by atoms with van der Waals surface area (Å²) in [5.41, 5.74) is 2.00. The van der Waals surface area contributed by atoms with Crippen LogP contribution in [0.5, 0.6) is 0 Å². The van der Waals surface area contributed by atoms with Crippen molar-refractivity contribution in [1.29, 1.82) is 0 Å². The van der Waals surface area contributed by atoms with Crippen LogP contribution >= 0.6 is 11.5 Å². The van der Waals surface area contributed by atoms with E-state index in [4.69, 9.17) is 0 Å². The molecule has 2 aromatic heterocycles. The van der Waals surface area contributed by atoms with E-state index < -0.39 is 0 Å². The van der Waals surface area contributed by atoms with E-state index in [1.54, 1.807) is 0 Å². The van der Waals surface area contributed by atoms with Gasteiger partial charge >= 0.3 is 0 Å². The molecule has 0 saturated heterocycles. The molecule has 0 bridgehead atoms. The first kappa shape index (κ1) is 9.52. The Labute approximate surface area is 87.4 Å². The Bertz CT molecular complexity index is 468. The molecule has 2 heterocycles. The molecule has 0 aromatic carbocycles. The van der Waals surface area contributed by atoms with Gasteiger partial charge in [0.25, 0.3) is 0 Å². The summed E-state index contributed by atoms with van der Waals surface area (Å²) in [5.74, 6) is 0.891. The van der Waals surface area contributed by atoms with Crippen molar-refractivity contribution >= 4 is 21.7 Å². The molecule has 0 unspecified atom stereocenters. The van der Waals surface area contributed by atoms with Crippen LogP contribution < -0.4 is 0 Å². The molecule has 0 atom stereocenters.